The van der Waals surface area contributed by atoms with Gasteiger partial charge in [0.25, 0.3) is 0 Å². The summed E-state index contributed by atoms with van der Waals surface area (Å²) in [7, 11) is -5.17. The van der Waals surface area contributed by atoms with Crippen molar-refractivity contribution in [2.75, 3.05) is 0 Å². The van der Waals surface area contributed by atoms with E-state index < -0.39 is 25.9 Å². The molecule has 9 heteroatoms. The van der Waals surface area contributed by atoms with Crippen LogP contribution >= 0.6 is 0 Å². The Kier molecular flexibility index (Phi) is 17.2. The second kappa shape index (κ2) is 9.26. The standard InChI is InChI=1S/Al.Ca.H2O4S.H2O.O/c;;1-5(2,3)4;;/h;;(H2,1,2,3,4);1H2;/q+1;+2;;;/p-3. The van der Waals surface area contributed by atoms with Crippen LogP contribution in [0.15, 0.2) is 0 Å². The van der Waals surface area contributed by atoms with E-state index in [1.807, 2.05) is 0 Å². The van der Waals surface area contributed by atoms with Crippen LogP contribution < -0.4 is 0 Å². The topological polar surface area (TPSA) is 118 Å². The van der Waals surface area contributed by atoms with Crippen LogP contribution in [0, 0.1) is 0 Å². The van der Waals surface area contributed by atoms with E-state index in [2.05, 4.69) is 0 Å². The first-order valence-corrected chi connectivity index (χ1v) is 3.48. The van der Waals surface area contributed by atoms with Crippen molar-refractivity contribution in [3.8, 4) is 0 Å². The molecule has 0 unspecified atom stereocenters. The molecule has 1 N–H and O–H groups in total. The molecule has 0 aromatic heterocycles. The molecule has 0 amide bonds. The second-order valence-corrected chi connectivity index (χ2v) is 1.54. The molecule has 0 aliphatic heterocycles. The zero-order valence-electron chi connectivity index (χ0n) is 4.18. The van der Waals surface area contributed by atoms with Gasteiger partial charge >= 0.3 is 61.2 Å². The Morgan fingerprint density at radius 3 is 1.33 bits per heavy atom. The van der Waals surface area contributed by atoms with Crippen LogP contribution in [0.25, 0.3) is 0 Å². The summed E-state index contributed by atoms with van der Waals surface area (Å²) < 4.78 is 49.8. The Morgan fingerprint density at radius 1 is 1.33 bits per heavy atom. The van der Waals surface area contributed by atoms with Crippen molar-refractivity contribution in [2.24, 2.45) is 0 Å². The van der Waals surface area contributed by atoms with Gasteiger partial charge in [-0.3, -0.25) is 8.42 Å². The summed E-state index contributed by atoms with van der Waals surface area (Å²) in [6.45, 7) is 0. The fourth-order valence-corrected chi connectivity index (χ4v) is 0. The first-order valence-electron chi connectivity index (χ1n) is 1.16. The summed E-state index contributed by atoms with van der Waals surface area (Å²) in [5.41, 5.74) is 0. The summed E-state index contributed by atoms with van der Waals surface area (Å²) in [4.78, 5) is 0. The van der Waals surface area contributed by atoms with Gasteiger partial charge in [0.2, 0.25) is 0 Å². The minimum absolute atomic E-state index is 0. The average molecular weight is 196 g/mol. The van der Waals surface area contributed by atoms with Crippen LogP contribution in [0.4, 0.5) is 0 Å². The van der Waals surface area contributed by atoms with Gasteiger partial charge in [0, 0.05) is 10.4 Å². The van der Waals surface area contributed by atoms with E-state index in [4.69, 9.17) is 25.5 Å². The zero-order chi connectivity index (χ0) is 7.21. The molecule has 0 radical (unpaired) electrons. The maximum absolute atomic E-state index is 8.57. The first kappa shape index (κ1) is 16.7. The van der Waals surface area contributed by atoms with Crippen LogP contribution in [0.1, 0.15) is 0 Å². The Bertz CT molecular complexity index is 127. The summed E-state index contributed by atoms with van der Waals surface area (Å²) in [5.74, 6) is 0. The quantitative estimate of drug-likeness (QED) is 0.254. The fraction of sp³-hybridized carbons (Fsp3) is 0. The van der Waals surface area contributed by atoms with Crippen molar-refractivity contribution >= 4 is 63.6 Å². The number of hydrogen-bond donors (Lipinski definition) is 1. The van der Waals surface area contributed by atoms with E-state index in [0.29, 0.717) is 0 Å². The molecule has 0 aliphatic rings. The van der Waals surface area contributed by atoms with E-state index in [0.717, 1.165) is 0 Å². The van der Waals surface area contributed by atoms with Gasteiger partial charge in [0.05, 0.1) is 0 Å². The predicted molar refractivity (Wildman–Crippen MR) is 24.9 cm³/mol. The molecule has 0 aliphatic carbocycles. The van der Waals surface area contributed by atoms with Crippen LogP contribution in [0.3, 0.4) is 0 Å². The molecule has 0 aromatic rings. The third-order valence-electron chi connectivity index (χ3n) is 0. The monoisotopic (exact) mass is 196 g/mol. The molecule has 0 fully saturated rings. The molecule has 0 rings (SSSR count). The van der Waals surface area contributed by atoms with E-state index in [-0.39, 0.29) is 37.7 Å². The summed E-state index contributed by atoms with van der Waals surface area (Å²) in [6, 6.07) is 0. The van der Waals surface area contributed by atoms with Gasteiger partial charge in [-0.25, -0.2) is 0 Å². The zero-order valence-corrected chi connectivity index (χ0v) is 8.36. The number of hydrogen-bond acceptors (Lipinski definition) is 5. The van der Waals surface area contributed by atoms with Crippen LogP contribution in [0.2, 0.25) is 0 Å². The molecule has 0 bridgehead atoms. The molecule has 48 valence electrons. The second-order valence-electron chi connectivity index (χ2n) is 0.514. The van der Waals surface area contributed by atoms with Crippen molar-refractivity contribution in [3.05, 3.63) is 0 Å². The van der Waals surface area contributed by atoms with Gasteiger partial charge in [-0.1, -0.05) is 0 Å². The molecule has 0 heterocycles. The van der Waals surface area contributed by atoms with E-state index in [1.165, 1.54) is 0 Å². The Morgan fingerprint density at radius 2 is 1.33 bits per heavy atom. The van der Waals surface area contributed by atoms with Crippen LogP contribution in [-0.2, 0) is 14.2 Å². The molecule has 6 nitrogen and oxygen atoms in total. The van der Waals surface area contributed by atoms with Crippen LogP contribution in [0.5, 0.6) is 0 Å². The average Bonchev–Trinajstić information content (AvgIpc) is 1.27. The first-order chi connectivity index (χ1) is 3.41. The summed E-state index contributed by atoms with van der Waals surface area (Å²) in [5, 5.41) is 0. The SMILES string of the molecule is O=S(=O)([O-])[O-].[Ca+2].[O]=[Al][OH]. The summed E-state index contributed by atoms with van der Waals surface area (Å²) >= 11 is -1.50. The Balaban J connectivity index is -0.0000000800. The van der Waals surface area contributed by atoms with Gasteiger partial charge in [-0.05, 0) is 0 Å². The number of rotatable bonds is 0. The van der Waals surface area contributed by atoms with E-state index in [1.54, 1.807) is 0 Å². The molecule has 9 heavy (non-hydrogen) atoms. The minimum atomic E-state index is -5.17. The molecule has 0 saturated heterocycles. The van der Waals surface area contributed by atoms with Crippen molar-refractivity contribution in [2.45, 2.75) is 0 Å². The molecule has 0 aromatic carbocycles. The third-order valence-corrected chi connectivity index (χ3v) is 0. The van der Waals surface area contributed by atoms with Crippen molar-refractivity contribution in [1.29, 1.82) is 0 Å². The van der Waals surface area contributed by atoms with E-state index in [9.17, 15) is 0 Å². The molecule has 0 saturated carbocycles. The van der Waals surface area contributed by atoms with Crippen molar-refractivity contribution < 1.29 is 25.5 Å². The molecular formula is HAlCaO6S. The van der Waals surface area contributed by atoms with E-state index >= 15 is 0 Å². The van der Waals surface area contributed by atoms with Gasteiger partial charge in [0.15, 0.2) is 0 Å². The fourth-order valence-electron chi connectivity index (χ4n) is 0. The van der Waals surface area contributed by atoms with Crippen molar-refractivity contribution in [1.82, 2.24) is 0 Å². The molecular weight excluding hydrogens is 195 g/mol. The normalized spacial score (nSPS) is 7.33. The van der Waals surface area contributed by atoms with Gasteiger partial charge in [0.1, 0.15) is 0 Å². The Labute approximate surface area is 88.1 Å². The van der Waals surface area contributed by atoms with Gasteiger partial charge < -0.3 is 9.11 Å². The van der Waals surface area contributed by atoms with Crippen LogP contribution in [-0.4, -0.2) is 74.9 Å². The third kappa shape index (κ3) is 307. The van der Waals surface area contributed by atoms with Gasteiger partial charge in [-0.2, -0.15) is 0 Å². The Hall–Kier alpha value is 1.26. The summed E-state index contributed by atoms with van der Waals surface area (Å²) in [6.07, 6.45) is 0. The maximum atomic E-state index is 8.57. The van der Waals surface area contributed by atoms with Gasteiger partial charge in [-0.15, -0.1) is 0 Å². The molecule has 0 spiro atoms. The van der Waals surface area contributed by atoms with Crippen molar-refractivity contribution in [3.63, 3.8) is 0 Å². The molecule has 0 atom stereocenters. The predicted octanol–water partition coefficient (Wildman–Crippen LogP) is -2.78.